The maximum absolute atomic E-state index is 13.5. The van der Waals surface area contributed by atoms with Crippen molar-refractivity contribution in [2.75, 3.05) is 13.2 Å². The summed E-state index contributed by atoms with van der Waals surface area (Å²) in [4.78, 5) is 0. The molecule has 1 N–H and O–H groups in total. The molecule has 1 fully saturated rings. The summed E-state index contributed by atoms with van der Waals surface area (Å²) in [6.07, 6.45) is 3.22. The van der Waals surface area contributed by atoms with E-state index in [-0.39, 0.29) is 18.5 Å². The Balaban J connectivity index is 1.81. The van der Waals surface area contributed by atoms with E-state index < -0.39 is 5.82 Å². The van der Waals surface area contributed by atoms with Crippen LogP contribution in [-0.2, 0) is 11.3 Å². The minimum Gasteiger partial charge on any atom is -0.490 e. The molecule has 17 heavy (non-hydrogen) atoms. The van der Waals surface area contributed by atoms with Crippen molar-refractivity contribution in [3.05, 3.63) is 29.6 Å². The molecule has 0 amide bonds. The molecule has 0 aliphatic carbocycles. The number of hydrogen-bond acceptors (Lipinski definition) is 3. The number of benzene rings is 1. The monoisotopic (exact) mass is 240 g/mol. The van der Waals surface area contributed by atoms with Crippen LogP contribution in [-0.4, -0.2) is 24.4 Å². The normalized spacial score (nSPS) is 19.5. The molecule has 0 bridgehead atoms. The molecule has 0 radical (unpaired) electrons. The molecule has 1 aliphatic heterocycles. The first-order valence-electron chi connectivity index (χ1n) is 5.93. The molecule has 1 aromatic rings. The Labute approximate surface area is 100 Å². The van der Waals surface area contributed by atoms with Crippen molar-refractivity contribution in [2.24, 2.45) is 0 Å². The number of aliphatic hydroxyl groups is 1. The zero-order valence-corrected chi connectivity index (χ0v) is 9.69. The van der Waals surface area contributed by atoms with Crippen molar-refractivity contribution < 1.29 is 19.0 Å². The van der Waals surface area contributed by atoms with Crippen molar-refractivity contribution >= 4 is 0 Å². The molecule has 0 saturated carbocycles. The molecule has 1 atom stereocenters. The van der Waals surface area contributed by atoms with E-state index in [0.717, 1.165) is 25.9 Å². The average Bonchev–Trinajstić information content (AvgIpc) is 2.84. The van der Waals surface area contributed by atoms with E-state index in [4.69, 9.17) is 14.6 Å². The summed E-state index contributed by atoms with van der Waals surface area (Å²) in [6.45, 7) is 1.12. The fraction of sp³-hybridized carbons (Fsp3) is 0.538. The van der Waals surface area contributed by atoms with Gasteiger partial charge in [-0.1, -0.05) is 6.07 Å². The second-order valence-electron chi connectivity index (χ2n) is 4.20. The summed E-state index contributed by atoms with van der Waals surface area (Å²) in [5, 5.41) is 8.85. The van der Waals surface area contributed by atoms with Crippen LogP contribution in [0.5, 0.6) is 5.75 Å². The van der Waals surface area contributed by atoms with Crippen molar-refractivity contribution in [1.82, 2.24) is 0 Å². The first kappa shape index (κ1) is 12.3. The van der Waals surface area contributed by atoms with E-state index >= 15 is 0 Å². The predicted molar refractivity (Wildman–Crippen MR) is 61.4 cm³/mol. The molecule has 1 aliphatic rings. The Kier molecular flexibility index (Phi) is 4.34. The first-order valence-corrected chi connectivity index (χ1v) is 5.93. The van der Waals surface area contributed by atoms with Gasteiger partial charge in [0.15, 0.2) is 11.6 Å². The van der Waals surface area contributed by atoms with E-state index in [2.05, 4.69) is 0 Å². The van der Waals surface area contributed by atoms with Gasteiger partial charge < -0.3 is 14.6 Å². The number of hydrogen-bond donors (Lipinski definition) is 1. The topological polar surface area (TPSA) is 38.7 Å². The second-order valence-corrected chi connectivity index (χ2v) is 4.20. The first-order chi connectivity index (χ1) is 8.29. The molecule has 2 rings (SSSR count). The lowest BCUT2D eigenvalue weighted by molar-refractivity contribution is 0.0897. The van der Waals surface area contributed by atoms with Crippen LogP contribution in [0.4, 0.5) is 4.39 Å². The van der Waals surface area contributed by atoms with Crippen molar-refractivity contribution in [3.63, 3.8) is 0 Å². The summed E-state index contributed by atoms with van der Waals surface area (Å²) in [5.41, 5.74) is 0.550. The van der Waals surface area contributed by atoms with Gasteiger partial charge in [0.05, 0.1) is 19.3 Å². The number of aliphatic hydroxyl groups excluding tert-OH is 1. The highest BCUT2D eigenvalue weighted by atomic mass is 19.1. The third kappa shape index (κ3) is 3.41. The molecule has 4 heteroatoms. The zero-order chi connectivity index (χ0) is 12.1. The highest BCUT2D eigenvalue weighted by Gasteiger charge is 2.15. The molecule has 94 valence electrons. The molecule has 1 saturated heterocycles. The van der Waals surface area contributed by atoms with Crippen LogP contribution in [0.15, 0.2) is 18.2 Å². The smallest absolute Gasteiger partial charge is 0.165 e. The summed E-state index contributed by atoms with van der Waals surface area (Å²) >= 11 is 0. The molecule has 3 nitrogen and oxygen atoms in total. The van der Waals surface area contributed by atoms with Gasteiger partial charge >= 0.3 is 0 Å². The van der Waals surface area contributed by atoms with Gasteiger partial charge in [-0.2, -0.15) is 0 Å². The van der Waals surface area contributed by atoms with Gasteiger partial charge in [0.25, 0.3) is 0 Å². The standard InChI is InChI=1S/C13H17FO3/c14-12-8-10(9-15)3-4-13(12)17-7-5-11-2-1-6-16-11/h3-4,8,11,15H,1-2,5-7,9H2. The van der Waals surface area contributed by atoms with E-state index in [1.54, 1.807) is 12.1 Å². The summed E-state index contributed by atoms with van der Waals surface area (Å²) in [7, 11) is 0. The quantitative estimate of drug-likeness (QED) is 0.858. The molecule has 1 unspecified atom stereocenters. The van der Waals surface area contributed by atoms with Crippen LogP contribution in [0.2, 0.25) is 0 Å². The van der Waals surface area contributed by atoms with E-state index in [9.17, 15) is 4.39 Å². The Morgan fingerprint density at radius 3 is 3.00 bits per heavy atom. The molecular weight excluding hydrogens is 223 g/mol. The highest BCUT2D eigenvalue weighted by Crippen LogP contribution is 2.20. The Morgan fingerprint density at radius 1 is 1.47 bits per heavy atom. The van der Waals surface area contributed by atoms with E-state index in [1.165, 1.54) is 6.07 Å². The summed E-state index contributed by atoms with van der Waals surface area (Å²) < 4.78 is 24.3. The van der Waals surface area contributed by atoms with Crippen LogP contribution in [0.25, 0.3) is 0 Å². The van der Waals surface area contributed by atoms with Crippen molar-refractivity contribution in [1.29, 1.82) is 0 Å². The number of rotatable bonds is 5. The molecule has 1 heterocycles. The number of halogens is 1. The lowest BCUT2D eigenvalue weighted by Gasteiger charge is -2.11. The summed E-state index contributed by atoms with van der Waals surface area (Å²) in [5.74, 6) is -0.191. The Hall–Kier alpha value is -1.13. The predicted octanol–water partition coefficient (Wildman–Crippen LogP) is 2.27. The van der Waals surface area contributed by atoms with Gasteiger partial charge in [-0.15, -0.1) is 0 Å². The maximum Gasteiger partial charge on any atom is 0.165 e. The molecule has 0 spiro atoms. The lowest BCUT2D eigenvalue weighted by atomic mass is 10.2. The van der Waals surface area contributed by atoms with Gasteiger partial charge in [0, 0.05) is 13.0 Å². The fourth-order valence-corrected chi connectivity index (χ4v) is 1.93. The van der Waals surface area contributed by atoms with E-state index in [0.29, 0.717) is 12.2 Å². The fourth-order valence-electron chi connectivity index (χ4n) is 1.93. The largest absolute Gasteiger partial charge is 0.490 e. The van der Waals surface area contributed by atoms with Crippen LogP contribution in [0.1, 0.15) is 24.8 Å². The highest BCUT2D eigenvalue weighted by molar-refractivity contribution is 5.28. The van der Waals surface area contributed by atoms with Crippen molar-refractivity contribution in [2.45, 2.75) is 32.0 Å². The molecule has 1 aromatic carbocycles. The summed E-state index contributed by atoms with van der Waals surface area (Å²) in [6, 6.07) is 4.50. The van der Waals surface area contributed by atoms with Crippen molar-refractivity contribution in [3.8, 4) is 5.75 Å². The van der Waals surface area contributed by atoms with Crippen LogP contribution >= 0.6 is 0 Å². The average molecular weight is 240 g/mol. The molecular formula is C13H17FO3. The van der Waals surface area contributed by atoms with Gasteiger partial charge in [0.1, 0.15) is 0 Å². The van der Waals surface area contributed by atoms with Gasteiger partial charge in [-0.05, 0) is 30.5 Å². The SMILES string of the molecule is OCc1ccc(OCCC2CCCO2)c(F)c1. The zero-order valence-electron chi connectivity index (χ0n) is 9.69. The third-order valence-electron chi connectivity index (χ3n) is 2.90. The van der Waals surface area contributed by atoms with Crippen LogP contribution < -0.4 is 4.74 Å². The Morgan fingerprint density at radius 2 is 2.35 bits per heavy atom. The third-order valence-corrected chi connectivity index (χ3v) is 2.90. The molecule has 0 aromatic heterocycles. The minimum absolute atomic E-state index is 0.160. The van der Waals surface area contributed by atoms with Gasteiger partial charge in [0.2, 0.25) is 0 Å². The number of ether oxygens (including phenoxy) is 2. The van der Waals surface area contributed by atoms with Crippen LogP contribution in [0.3, 0.4) is 0 Å². The Bertz CT molecular complexity index is 362. The maximum atomic E-state index is 13.5. The minimum atomic E-state index is -0.427. The van der Waals surface area contributed by atoms with E-state index in [1.807, 2.05) is 0 Å². The van der Waals surface area contributed by atoms with Gasteiger partial charge in [-0.3, -0.25) is 0 Å². The van der Waals surface area contributed by atoms with Gasteiger partial charge in [-0.25, -0.2) is 4.39 Å². The second kappa shape index (κ2) is 5.98. The lowest BCUT2D eigenvalue weighted by Crippen LogP contribution is -2.11. The van der Waals surface area contributed by atoms with Crippen LogP contribution in [0, 0.1) is 5.82 Å².